The minimum absolute atomic E-state index is 0.133. The van der Waals surface area contributed by atoms with Crippen LogP contribution in [0.3, 0.4) is 0 Å². The minimum atomic E-state index is -3.10. The Morgan fingerprint density at radius 3 is 2.60 bits per heavy atom. The highest BCUT2D eigenvalue weighted by Crippen LogP contribution is 2.20. The second-order valence-electron chi connectivity index (χ2n) is 6.56. The average molecular weight is 299 g/mol. The van der Waals surface area contributed by atoms with E-state index in [-0.39, 0.29) is 5.75 Å². The van der Waals surface area contributed by atoms with Gasteiger partial charge in [0.25, 0.3) is 0 Å². The van der Waals surface area contributed by atoms with Crippen molar-refractivity contribution in [3.8, 4) is 0 Å². The van der Waals surface area contributed by atoms with Crippen LogP contribution in [-0.2, 0) is 22.9 Å². The lowest BCUT2D eigenvalue weighted by Gasteiger charge is -2.19. The van der Waals surface area contributed by atoms with Crippen LogP contribution in [0.4, 0.5) is 0 Å². The van der Waals surface area contributed by atoms with Crippen LogP contribution in [0.15, 0.2) is 6.20 Å². The summed E-state index contributed by atoms with van der Waals surface area (Å²) in [7, 11) is -3.10. The maximum absolute atomic E-state index is 12.1. The molecule has 0 saturated heterocycles. The first-order chi connectivity index (χ1) is 9.21. The van der Waals surface area contributed by atoms with Crippen molar-refractivity contribution in [3.05, 3.63) is 17.5 Å². The number of hydrogen-bond donors (Lipinski definition) is 1. The van der Waals surface area contributed by atoms with Gasteiger partial charge in [-0.05, 0) is 40.5 Å². The van der Waals surface area contributed by atoms with E-state index in [9.17, 15) is 8.42 Å². The van der Waals surface area contributed by atoms with Crippen molar-refractivity contribution in [1.29, 1.82) is 0 Å². The van der Waals surface area contributed by atoms with Crippen LogP contribution in [0, 0.1) is 6.92 Å². The smallest absolute Gasteiger partial charge is 0.157 e. The van der Waals surface area contributed by atoms with Crippen LogP contribution in [0.5, 0.6) is 0 Å². The molecule has 1 heterocycles. The van der Waals surface area contributed by atoms with E-state index < -0.39 is 14.6 Å². The minimum Gasteiger partial charge on any atom is -0.310 e. The molecule has 1 fully saturated rings. The summed E-state index contributed by atoms with van der Waals surface area (Å²) in [6.07, 6.45) is 4.36. The van der Waals surface area contributed by atoms with Gasteiger partial charge >= 0.3 is 0 Å². The third kappa shape index (κ3) is 3.61. The monoisotopic (exact) mass is 299 g/mol. The molecule has 2 rings (SSSR count). The van der Waals surface area contributed by atoms with Gasteiger partial charge in [0, 0.05) is 23.8 Å². The molecule has 0 radical (unpaired) electrons. The number of nitrogens with one attached hydrogen (secondary N) is 1. The molecule has 0 spiro atoms. The number of aromatic nitrogens is 2. The topological polar surface area (TPSA) is 64.0 Å². The molecule has 1 aromatic heterocycles. The summed E-state index contributed by atoms with van der Waals surface area (Å²) in [5.41, 5.74) is 2.22. The normalized spacial score (nSPS) is 16.6. The molecule has 1 saturated carbocycles. The molecule has 0 amide bonds. The Morgan fingerprint density at radius 1 is 1.40 bits per heavy atom. The predicted molar refractivity (Wildman–Crippen MR) is 80.4 cm³/mol. The quantitative estimate of drug-likeness (QED) is 0.867. The molecule has 1 aromatic rings. The molecule has 1 N–H and O–H groups in total. The molecule has 6 heteroatoms. The molecule has 0 aliphatic heterocycles. The van der Waals surface area contributed by atoms with E-state index in [1.54, 1.807) is 25.5 Å². The Labute approximate surface area is 121 Å². The van der Waals surface area contributed by atoms with E-state index in [0.717, 1.165) is 17.8 Å². The molecule has 1 aliphatic carbocycles. The summed E-state index contributed by atoms with van der Waals surface area (Å²) in [4.78, 5) is 0. The number of sulfone groups is 1. The average Bonchev–Trinajstić information content (AvgIpc) is 3.09. The SMILES string of the molecule is Cc1c(CNC2CC2)cnn1CCS(=O)(=O)C(C)(C)C. The number of rotatable bonds is 6. The highest BCUT2D eigenvalue weighted by atomic mass is 32.2. The van der Waals surface area contributed by atoms with Gasteiger partial charge in [0.05, 0.1) is 23.2 Å². The third-order valence-corrected chi connectivity index (χ3v) is 6.45. The van der Waals surface area contributed by atoms with Gasteiger partial charge in [0.15, 0.2) is 9.84 Å². The van der Waals surface area contributed by atoms with E-state index in [1.807, 2.05) is 13.1 Å². The fourth-order valence-electron chi connectivity index (χ4n) is 1.94. The van der Waals surface area contributed by atoms with Gasteiger partial charge in [-0.25, -0.2) is 8.42 Å². The van der Waals surface area contributed by atoms with Crippen molar-refractivity contribution in [1.82, 2.24) is 15.1 Å². The summed E-state index contributed by atoms with van der Waals surface area (Å²) in [5.74, 6) is 0.133. The van der Waals surface area contributed by atoms with Gasteiger partial charge in [-0.2, -0.15) is 5.10 Å². The predicted octanol–water partition coefficient (Wildman–Crippen LogP) is 1.66. The summed E-state index contributed by atoms with van der Waals surface area (Å²) >= 11 is 0. The van der Waals surface area contributed by atoms with Crippen LogP contribution in [-0.4, -0.2) is 34.7 Å². The molecule has 1 aliphatic rings. The van der Waals surface area contributed by atoms with Gasteiger partial charge in [-0.15, -0.1) is 0 Å². The molecule has 20 heavy (non-hydrogen) atoms. The van der Waals surface area contributed by atoms with Crippen molar-refractivity contribution in [2.45, 2.75) is 64.4 Å². The Bertz CT molecular complexity index is 566. The first kappa shape index (κ1) is 15.5. The summed E-state index contributed by atoms with van der Waals surface area (Å²) in [5, 5.41) is 7.76. The number of hydrogen-bond acceptors (Lipinski definition) is 4. The standard InChI is InChI=1S/C14H25N3O2S/c1-11-12(9-15-13-5-6-13)10-16-17(11)7-8-20(18,19)14(2,3)4/h10,13,15H,5-9H2,1-4H3. The Kier molecular flexibility index (Phi) is 4.25. The Morgan fingerprint density at radius 2 is 2.05 bits per heavy atom. The van der Waals surface area contributed by atoms with Crippen molar-refractivity contribution in [3.63, 3.8) is 0 Å². The first-order valence-electron chi connectivity index (χ1n) is 7.18. The van der Waals surface area contributed by atoms with Gasteiger partial charge in [-0.3, -0.25) is 4.68 Å². The lowest BCUT2D eigenvalue weighted by atomic mass is 10.2. The zero-order valence-corrected chi connectivity index (χ0v) is 13.6. The highest BCUT2D eigenvalue weighted by molar-refractivity contribution is 7.92. The molecule has 0 aromatic carbocycles. The maximum atomic E-state index is 12.1. The molecule has 0 atom stereocenters. The van der Waals surface area contributed by atoms with Crippen LogP contribution in [0.25, 0.3) is 0 Å². The van der Waals surface area contributed by atoms with Gasteiger partial charge in [-0.1, -0.05) is 0 Å². The van der Waals surface area contributed by atoms with Gasteiger partial charge in [0.1, 0.15) is 0 Å². The van der Waals surface area contributed by atoms with Crippen molar-refractivity contribution in [2.75, 3.05) is 5.75 Å². The van der Waals surface area contributed by atoms with Crippen molar-refractivity contribution >= 4 is 9.84 Å². The van der Waals surface area contributed by atoms with E-state index in [4.69, 9.17) is 0 Å². The fourth-order valence-corrected chi connectivity index (χ4v) is 2.96. The number of aryl methyl sites for hydroxylation is 1. The van der Waals surface area contributed by atoms with Gasteiger partial charge < -0.3 is 5.32 Å². The van der Waals surface area contributed by atoms with Crippen molar-refractivity contribution < 1.29 is 8.42 Å². The van der Waals surface area contributed by atoms with Gasteiger partial charge in [0.2, 0.25) is 0 Å². The largest absolute Gasteiger partial charge is 0.310 e. The summed E-state index contributed by atoms with van der Waals surface area (Å²) < 4.78 is 25.3. The molecule has 114 valence electrons. The second-order valence-corrected chi connectivity index (χ2v) is 9.43. The van der Waals surface area contributed by atoms with Crippen LogP contribution in [0.1, 0.15) is 44.9 Å². The first-order valence-corrected chi connectivity index (χ1v) is 8.83. The van der Waals surface area contributed by atoms with E-state index in [1.165, 1.54) is 12.8 Å². The molecular formula is C14H25N3O2S. The van der Waals surface area contributed by atoms with Crippen LogP contribution < -0.4 is 5.32 Å². The van der Waals surface area contributed by atoms with E-state index in [0.29, 0.717) is 12.6 Å². The lowest BCUT2D eigenvalue weighted by molar-refractivity contribution is 0.546. The molecule has 5 nitrogen and oxygen atoms in total. The summed E-state index contributed by atoms with van der Waals surface area (Å²) in [6, 6.07) is 0.666. The van der Waals surface area contributed by atoms with Crippen LogP contribution in [0.2, 0.25) is 0 Å². The summed E-state index contributed by atoms with van der Waals surface area (Å²) in [6.45, 7) is 8.47. The molecule has 0 bridgehead atoms. The Balaban J connectivity index is 1.96. The highest BCUT2D eigenvalue weighted by Gasteiger charge is 2.28. The maximum Gasteiger partial charge on any atom is 0.157 e. The lowest BCUT2D eigenvalue weighted by Crippen LogP contribution is -2.32. The third-order valence-electron chi connectivity index (χ3n) is 3.87. The van der Waals surface area contributed by atoms with E-state index in [2.05, 4.69) is 10.4 Å². The Hall–Kier alpha value is -0.880. The zero-order chi connectivity index (χ0) is 15.0. The van der Waals surface area contributed by atoms with Crippen molar-refractivity contribution in [2.24, 2.45) is 0 Å². The van der Waals surface area contributed by atoms with Crippen LogP contribution >= 0.6 is 0 Å². The molecular weight excluding hydrogens is 274 g/mol. The molecule has 0 unspecified atom stereocenters. The second kappa shape index (κ2) is 5.48. The van der Waals surface area contributed by atoms with E-state index >= 15 is 0 Å². The fraction of sp³-hybridized carbons (Fsp3) is 0.786. The zero-order valence-electron chi connectivity index (χ0n) is 12.8. The number of nitrogens with zero attached hydrogens (tertiary/aromatic N) is 2.